The lowest BCUT2D eigenvalue weighted by Gasteiger charge is -2.22. The molecule has 0 aliphatic rings. The molecule has 3 heterocycles. The Kier molecular flexibility index (Phi) is 7.52. The summed E-state index contributed by atoms with van der Waals surface area (Å²) in [5.41, 5.74) is 2.73. The van der Waals surface area contributed by atoms with E-state index in [1.807, 2.05) is 36.0 Å². The maximum Gasteiger partial charge on any atom is 0.243 e. The van der Waals surface area contributed by atoms with Crippen LogP contribution in [0, 0.1) is 0 Å². The third-order valence-corrected chi connectivity index (χ3v) is 5.57. The molecule has 0 saturated heterocycles. The highest BCUT2D eigenvalue weighted by atomic mass is 79.9. The minimum absolute atomic E-state index is 0. The fourth-order valence-electron chi connectivity index (χ4n) is 3.00. The number of nitrogens with zero attached hydrogens (tertiary/aromatic N) is 7. The maximum absolute atomic E-state index is 5.92. The number of hydrogen-bond donors (Lipinski definition) is 0. The molecule has 0 radical (unpaired) electrons. The number of rotatable bonds is 7. The molecule has 0 aliphatic heterocycles. The number of thiazole rings is 1. The van der Waals surface area contributed by atoms with Crippen molar-refractivity contribution in [2.24, 2.45) is 17.3 Å². The zero-order chi connectivity index (χ0) is 20.2. The quantitative estimate of drug-likeness (QED) is 0.219. The van der Waals surface area contributed by atoms with Crippen LogP contribution in [0.5, 0.6) is 0 Å². The van der Waals surface area contributed by atoms with Gasteiger partial charge in [-0.05, 0) is 43.3 Å². The lowest BCUT2D eigenvalue weighted by Crippen LogP contribution is -3.00. The summed E-state index contributed by atoms with van der Waals surface area (Å²) < 4.78 is 4.23. The predicted molar refractivity (Wildman–Crippen MR) is 117 cm³/mol. The van der Waals surface area contributed by atoms with Crippen molar-refractivity contribution < 1.29 is 21.5 Å². The first-order chi connectivity index (χ1) is 14.1. The molecule has 0 fully saturated rings. The number of fused-ring (bicyclic) bond motifs is 1. The summed E-state index contributed by atoms with van der Waals surface area (Å²) >= 11 is 7.29. The summed E-state index contributed by atoms with van der Waals surface area (Å²) in [6.45, 7) is 4.98. The SMILES string of the molecule is CCN(CCn1cc[n+](C)c1)c1ccc(N=Nc2nc3ccc(Cl)nc3s2)cc1.[Br-]. The predicted octanol–water partition coefficient (Wildman–Crippen LogP) is 1.92. The summed E-state index contributed by atoms with van der Waals surface area (Å²) in [6, 6.07) is 11.7. The van der Waals surface area contributed by atoms with E-state index in [-0.39, 0.29) is 17.0 Å². The Morgan fingerprint density at radius 1 is 1.13 bits per heavy atom. The van der Waals surface area contributed by atoms with E-state index in [0.717, 1.165) is 35.7 Å². The molecule has 30 heavy (non-hydrogen) atoms. The fraction of sp³-hybridized carbons (Fsp3) is 0.250. The van der Waals surface area contributed by atoms with Gasteiger partial charge < -0.3 is 21.9 Å². The van der Waals surface area contributed by atoms with Gasteiger partial charge in [-0.3, -0.25) is 0 Å². The van der Waals surface area contributed by atoms with Crippen LogP contribution >= 0.6 is 22.9 Å². The number of aryl methyl sites for hydroxylation is 1. The van der Waals surface area contributed by atoms with E-state index in [9.17, 15) is 0 Å². The number of benzene rings is 1. The average molecular weight is 507 g/mol. The average Bonchev–Trinajstić information content (AvgIpc) is 3.33. The van der Waals surface area contributed by atoms with Crippen molar-refractivity contribution in [3.05, 3.63) is 60.3 Å². The minimum atomic E-state index is 0. The molecule has 0 aliphatic carbocycles. The molecule has 4 rings (SSSR count). The van der Waals surface area contributed by atoms with Gasteiger partial charge in [0.05, 0.1) is 19.3 Å². The van der Waals surface area contributed by atoms with Crippen LogP contribution < -0.4 is 26.4 Å². The number of pyridine rings is 1. The Morgan fingerprint density at radius 2 is 1.93 bits per heavy atom. The van der Waals surface area contributed by atoms with Crippen LogP contribution in [0.3, 0.4) is 0 Å². The monoisotopic (exact) mass is 505 g/mol. The third-order valence-electron chi connectivity index (χ3n) is 4.51. The molecule has 0 amide bonds. The van der Waals surface area contributed by atoms with Crippen LogP contribution in [-0.2, 0) is 13.6 Å². The second kappa shape index (κ2) is 10.1. The van der Waals surface area contributed by atoms with Crippen molar-refractivity contribution >= 4 is 49.8 Å². The van der Waals surface area contributed by atoms with Crippen molar-refractivity contribution in [1.29, 1.82) is 0 Å². The van der Waals surface area contributed by atoms with Crippen molar-refractivity contribution in [2.75, 3.05) is 18.0 Å². The molecule has 0 N–H and O–H groups in total. The van der Waals surface area contributed by atoms with Crippen LogP contribution in [0.2, 0.25) is 5.15 Å². The lowest BCUT2D eigenvalue weighted by atomic mass is 10.2. The normalized spacial score (nSPS) is 11.2. The van der Waals surface area contributed by atoms with Gasteiger partial charge in [-0.25, -0.2) is 19.1 Å². The molecule has 0 atom stereocenters. The molecule has 1 aromatic carbocycles. The number of hydrogen-bond acceptors (Lipinski definition) is 6. The first kappa shape index (κ1) is 22.3. The Labute approximate surface area is 194 Å². The highest BCUT2D eigenvalue weighted by Crippen LogP contribution is 2.29. The smallest absolute Gasteiger partial charge is 0.243 e. The Hall–Kier alpha value is -2.36. The second-order valence-electron chi connectivity index (χ2n) is 6.57. The van der Waals surface area contributed by atoms with Gasteiger partial charge in [0.15, 0.2) is 0 Å². The van der Waals surface area contributed by atoms with Gasteiger partial charge in [0, 0.05) is 12.2 Å². The highest BCUT2D eigenvalue weighted by Gasteiger charge is 2.08. The van der Waals surface area contributed by atoms with Crippen molar-refractivity contribution in [2.45, 2.75) is 13.5 Å². The molecule has 7 nitrogen and oxygen atoms in total. The van der Waals surface area contributed by atoms with E-state index in [1.165, 1.54) is 17.0 Å². The summed E-state index contributed by atoms with van der Waals surface area (Å²) in [4.78, 5) is 11.7. The molecule has 10 heteroatoms. The lowest BCUT2D eigenvalue weighted by molar-refractivity contribution is -0.671. The van der Waals surface area contributed by atoms with Gasteiger partial charge in [-0.1, -0.05) is 22.9 Å². The van der Waals surface area contributed by atoms with Crippen molar-refractivity contribution in [1.82, 2.24) is 14.5 Å². The number of aromatic nitrogens is 4. The van der Waals surface area contributed by atoms with Gasteiger partial charge in [0.2, 0.25) is 11.5 Å². The maximum atomic E-state index is 5.92. The molecular weight excluding hydrogens is 486 g/mol. The van der Waals surface area contributed by atoms with Gasteiger partial charge in [-0.15, -0.1) is 10.2 Å². The standard InChI is InChI=1S/C20H21ClN7S.BrH/c1-3-28(13-12-27-11-10-26(2)14-27)16-6-4-15(5-7-16)24-25-20-22-17-8-9-18(21)23-19(17)29-20;/h4-11,14H,3,12-13H2,1-2H3;1H/q+1;/p-1. The Bertz CT molecular complexity index is 1140. The van der Waals surface area contributed by atoms with Crippen LogP contribution in [-0.4, -0.2) is 27.6 Å². The zero-order valence-corrected chi connectivity index (χ0v) is 19.8. The van der Waals surface area contributed by atoms with Crippen LogP contribution in [0.15, 0.2) is 65.3 Å². The van der Waals surface area contributed by atoms with Gasteiger partial charge in [0.25, 0.3) is 0 Å². The van der Waals surface area contributed by atoms with Crippen LogP contribution in [0.1, 0.15) is 6.92 Å². The second-order valence-corrected chi connectivity index (χ2v) is 7.91. The van der Waals surface area contributed by atoms with E-state index < -0.39 is 0 Å². The van der Waals surface area contributed by atoms with Gasteiger partial charge in [-0.2, -0.15) is 0 Å². The molecular formula is C20H21BrClN7S. The number of azo groups is 1. The molecule has 3 aromatic heterocycles. The van der Waals surface area contributed by atoms with Crippen molar-refractivity contribution in [3.8, 4) is 0 Å². The first-order valence-corrected chi connectivity index (χ1v) is 10.5. The molecule has 0 spiro atoms. The Morgan fingerprint density at radius 3 is 2.63 bits per heavy atom. The van der Waals surface area contributed by atoms with E-state index in [4.69, 9.17) is 11.6 Å². The number of likely N-dealkylation sites (N-methyl/N-ethyl adjacent to an activating group) is 1. The molecule has 0 bridgehead atoms. The molecule has 4 aromatic rings. The summed E-state index contributed by atoms with van der Waals surface area (Å²) in [5, 5.41) is 9.56. The Balaban J connectivity index is 0.00000256. The summed E-state index contributed by atoms with van der Waals surface area (Å²) in [5.74, 6) is 0. The van der Waals surface area contributed by atoms with E-state index >= 15 is 0 Å². The van der Waals surface area contributed by atoms with E-state index in [2.05, 4.69) is 61.2 Å². The number of imidazole rings is 1. The topological polar surface area (TPSA) is 62.5 Å². The van der Waals surface area contributed by atoms with Crippen LogP contribution in [0.4, 0.5) is 16.5 Å². The summed E-state index contributed by atoms with van der Waals surface area (Å²) in [6.07, 6.45) is 6.22. The summed E-state index contributed by atoms with van der Waals surface area (Å²) in [7, 11) is 2.03. The largest absolute Gasteiger partial charge is 1.00 e. The highest BCUT2D eigenvalue weighted by molar-refractivity contribution is 7.21. The van der Waals surface area contributed by atoms with Crippen molar-refractivity contribution in [3.63, 3.8) is 0 Å². The van der Waals surface area contributed by atoms with E-state index in [1.54, 1.807) is 6.07 Å². The van der Waals surface area contributed by atoms with E-state index in [0.29, 0.717) is 10.3 Å². The molecule has 156 valence electrons. The fourth-order valence-corrected chi connectivity index (χ4v) is 3.95. The third kappa shape index (κ3) is 5.41. The zero-order valence-electron chi connectivity index (χ0n) is 16.6. The van der Waals surface area contributed by atoms with Crippen LogP contribution in [0.25, 0.3) is 10.3 Å². The van der Waals surface area contributed by atoms with Gasteiger partial charge in [0.1, 0.15) is 34.4 Å². The molecule has 0 saturated carbocycles. The number of halogens is 2. The minimum Gasteiger partial charge on any atom is -1.00 e. The number of anilines is 1. The first-order valence-electron chi connectivity index (χ1n) is 9.31. The van der Waals surface area contributed by atoms with Gasteiger partial charge >= 0.3 is 0 Å². The molecule has 0 unspecified atom stereocenters.